The minimum Gasteiger partial charge on any atom is -0.315 e. The molecule has 0 aliphatic carbocycles. The van der Waals surface area contributed by atoms with E-state index in [0.717, 1.165) is 17.9 Å². The molecular weight excluding hydrogens is 246 g/mol. The van der Waals surface area contributed by atoms with E-state index in [0.29, 0.717) is 0 Å². The normalized spacial score (nSPS) is 35.2. The SMILES string of the molecule is CC1CCN(C2CNCCC2CN2CCCCC2)CC1. The number of hydrogen-bond donors (Lipinski definition) is 1. The predicted octanol–water partition coefficient (Wildman–Crippen LogP) is 2.18. The first-order valence-corrected chi connectivity index (χ1v) is 9.00. The van der Waals surface area contributed by atoms with Gasteiger partial charge in [-0.15, -0.1) is 0 Å². The third kappa shape index (κ3) is 3.75. The molecule has 0 amide bonds. The number of nitrogens with zero attached hydrogens (tertiary/aromatic N) is 2. The molecule has 3 saturated heterocycles. The van der Waals surface area contributed by atoms with E-state index < -0.39 is 0 Å². The number of piperidine rings is 3. The first kappa shape index (κ1) is 14.8. The lowest BCUT2D eigenvalue weighted by atomic mass is 9.88. The lowest BCUT2D eigenvalue weighted by Gasteiger charge is -2.45. The Morgan fingerprint density at radius 1 is 0.950 bits per heavy atom. The van der Waals surface area contributed by atoms with Crippen molar-refractivity contribution in [2.45, 2.75) is 51.5 Å². The van der Waals surface area contributed by atoms with Crippen LogP contribution in [0.1, 0.15) is 45.4 Å². The Balaban J connectivity index is 1.55. The second-order valence-electron chi connectivity index (χ2n) is 7.40. The van der Waals surface area contributed by atoms with Crippen molar-refractivity contribution >= 4 is 0 Å². The Labute approximate surface area is 125 Å². The van der Waals surface area contributed by atoms with Crippen LogP contribution in [-0.2, 0) is 0 Å². The van der Waals surface area contributed by atoms with Crippen molar-refractivity contribution in [1.29, 1.82) is 0 Å². The summed E-state index contributed by atoms with van der Waals surface area (Å²) in [6.45, 7) is 11.6. The van der Waals surface area contributed by atoms with E-state index >= 15 is 0 Å². The van der Waals surface area contributed by atoms with Crippen LogP contribution in [0.3, 0.4) is 0 Å². The minimum absolute atomic E-state index is 0.804. The summed E-state index contributed by atoms with van der Waals surface area (Å²) in [5.41, 5.74) is 0. The lowest BCUT2D eigenvalue weighted by molar-refractivity contribution is 0.0570. The highest BCUT2D eigenvalue weighted by atomic mass is 15.2. The molecule has 3 aliphatic rings. The Bertz CT molecular complexity index is 280. The number of likely N-dealkylation sites (tertiary alicyclic amines) is 2. The van der Waals surface area contributed by atoms with Gasteiger partial charge < -0.3 is 10.2 Å². The molecular formula is C17H33N3. The fourth-order valence-corrected chi connectivity index (χ4v) is 4.37. The van der Waals surface area contributed by atoms with Gasteiger partial charge in [0.25, 0.3) is 0 Å². The highest BCUT2D eigenvalue weighted by Crippen LogP contribution is 2.26. The summed E-state index contributed by atoms with van der Waals surface area (Å²) in [5.74, 6) is 1.85. The van der Waals surface area contributed by atoms with Crippen LogP contribution in [0.15, 0.2) is 0 Å². The molecule has 0 aromatic carbocycles. The topological polar surface area (TPSA) is 18.5 Å². The van der Waals surface area contributed by atoms with Gasteiger partial charge in [0.05, 0.1) is 0 Å². The maximum Gasteiger partial charge on any atom is 0.0261 e. The molecule has 2 unspecified atom stereocenters. The minimum atomic E-state index is 0.804. The van der Waals surface area contributed by atoms with E-state index in [2.05, 4.69) is 22.0 Å². The fourth-order valence-electron chi connectivity index (χ4n) is 4.37. The molecule has 0 saturated carbocycles. The van der Waals surface area contributed by atoms with Crippen LogP contribution in [0.2, 0.25) is 0 Å². The van der Waals surface area contributed by atoms with Crippen LogP contribution in [0.25, 0.3) is 0 Å². The van der Waals surface area contributed by atoms with Crippen LogP contribution >= 0.6 is 0 Å². The highest BCUT2D eigenvalue weighted by Gasteiger charge is 2.32. The average molecular weight is 279 g/mol. The van der Waals surface area contributed by atoms with E-state index in [9.17, 15) is 0 Å². The van der Waals surface area contributed by atoms with E-state index in [1.54, 1.807) is 0 Å². The van der Waals surface area contributed by atoms with Crippen LogP contribution in [0.4, 0.5) is 0 Å². The van der Waals surface area contributed by atoms with Gasteiger partial charge in [-0.2, -0.15) is 0 Å². The molecule has 0 bridgehead atoms. The molecule has 3 heteroatoms. The molecule has 20 heavy (non-hydrogen) atoms. The van der Waals surface area contributed by atoms with Gasteiger partial charge in [0.1, 0.15) is 0 Å². The van der Waals surface area contributed by atoms with Crippen molar-refractivity contribution in [3.05, 3.63) is 0 Å². The van der Waals surface area contributed by atoms with Gasteiger partial charge in [0.2, 0.25) is 0 Å². The largest absolute Gasteiger partial charge is 0.315 e. The van der Waals surface area contributed by atoms with Crippen molar-refractivity contribution in [3.8, 4) is 0 Å². The molecule has 0 aromatic heterocycles. The highest BCUT2D eigenvalue weighted by molar-refractivity contribution is 4.89. The summed E-state index contributed by atoms with van der Waals surface area (Å²) in [6.07, 6.45) is 8.51. The Hall–Kier alpha value is -0.120. The summed E-state index contributed by atoms with van der Waals surface area (Å²) < 4.78 is 0. The second-order valence-corrected chi connectivity index (χ2v) is 7.40. The van der Waals surface area contributed by atoms with Gasteiger partial charge in [-0.3, -0.25) is 4.90 Å². The Kier molecular flexibility index (Phi) is 5.36. The van der Waals surface area contributed by atoms with Crippen molar-refractivity contribution in [3.63, 3.8) is 0 Å². The molecule has 3 nitrogen and oxygen atoms in total. The molecule has 3 aliphatic heterocycles. The zero-order chi connectivity index (χ0) is 13.8. The summed E-state index contributed by atoms with van der Waals surface area (Å²) in [7, 11) is 0. The lowest BCUT2D eigenvalue weighted by Crippen LogP contribution is -2.56. The fraction of sp³-hybridized carbons (Fsp3) is 1.00. The summed E-state index contributed by atoms with van der Waals surface area (Å²) >= 11 is 0. The third-order valence-electron chi connectivity index (χ3n) is 5.82. The number of hydrogen-bond acceptors (Lipinski definition) is 3. The second kappa shape index (κ2) is 7.24. The van der Waals surface area contributed by atoms with Crippen molar-refractivity contribution in [2.24, 2.45) is 11.8 Å². The third-order valence-corrected chi connectivity index (χ3v) is 5.82. The maximum atomic E-state index is 3.65. The van der Waals surface area contributed by atoms with Crippen LogP contribution in [-0.4, -0.2) is 61.7 Å². The smallest absolute Gasteiger partial charge is 0.0261 e. The van der Waals surface area contributed by atoms with Gasteiger partial charge in [-0.1, -0.05) is 13.3 Å². The maximum absolute atomic E-state index is 3.65. The zero-order valence-corrected chi connectivity index (χ0v) is 13.3. The van der Waals surface area contributed by atoms with Gasteiger partial charge >= 0.3 is 0 Å². The van der Waals surface area contributed by atoms with Gasteiger partial charge in [0.15, 0.2) is 0 Å². The Morgan fingerprint density at radius 2 is 1.70 bits per heavy atom. The molecule has 0 radical (unpaired) electrons. The number of nitrogens with one attached hydrogen (secondary N) is 1. The monoisotopic (exact) mass is 279 g/mol. The Morgan fingerprint density at radius 3 is 2.45 bits per heavy atom. The molecule has 0 spiro atoms. The number of rotatable bonds is 3. The van der Waals surface area contributed by atoms with Gasteiger partial charge in [-0.25, -0.2) is 0 Å². The average Bonchev–Trinajstić information content (AvgIpc) is 2.50. The standard InChI is InChI=1S/C17H33N3/c1-15-6-11-20(12-7-15)17-13-18-8-5-16(17)14-19-9-3-2-4-10-19/h15-18H,2-14H2,1H3. The summed E-state index contributed by atoms with van der Waals surface area (Å²) in [6, 6.07) is 0.804. The summed E-state index contributed by atoms with van der Waals surface area (Å²) in [5, 5.41) is 3.65. The first-order chi connectivity index (χ1) is 9.83. The van der Waals surface area contributed by atoms with E-state index in [4.69, 9.17) is 0 Å². The van der Waals surface area contributed by atoms with Gasteiger partial charge in [0, 0.05) is 19.1 Å². The van der Waals surface area contributed by atoms with Crippen LogP contribution in [0, 0.1) is 11.8 Å². The first-order valence-electron chi connectivity index (χ1n) is 9.00. The zero-order valence-electron chi connectivity index (χ0n) is 13.3. The molecule has 0 aromatic rings. The van der Waals surface area contributed by atoms with Gasteiger partial charge in [-0.05, 0) is 76.7 Å². The molecule has 2 atom stereocenters. The predicted molar refractivity (Wildman–Crippen MR) is 85.0 cm³/mol. The molecule has 3 heterocycles. The van der Waals surface area contributed by atoms with Crippen LogP contribution < -0.4 is 5.32 Å². The van der Waals surface area contributed by atoms with E-state index in [-0.39, 0.29) is 0 Å². The van der Waals surface area contributed by atoms with Crippen LogP contribution in [0.5, 0.6) is 0 Å². The quantitative estimate of drug-likeness (QED) is 0.854. The van der Waals surface area contributed by atoms with Crippen molar-refractivity contribution in [1.82, 2.24) is 15.1 Å². The van der Waals surface area contributed by atoms with E-state index in [1.807, 2.05) is 0 Å². The molecule has 3 fully saturated rings. The van der Waals surface area contributed by atoms with Crippen molar-refractivity contribution in [2.75, 3.05) is 45.8 Å². The van der Waals surface area contributed by atoms with Crippen molar-refractivity contribution < 1.29 is 0 Å². The molecule has 3 rings (SSSR count). The summed E-state index contributed by atoms with van der Waals surface area (Å²) in [4.78, 5) is 5.56. The molecule has 116 valence electrons. The van der Waals surface area contributed by atoms with E-state index in [1.165, 1.54) is 84.3 Å². The molecule has 1 N–H and O–H groups in total.